The van der Waals surface area contributed by atoms with Gasteiger partial charge >= 0.3 is 0 Å². The summed E-state index contributed by atoms with van der Waals surface area (Å²) in [5.74, 6) is -2.01. The van der Waals surface area contributed by atoms with Crippen molar-refractivity contribution in [2.24, 2.45) is 5.73 Å². The van der Waals surface area contributed by atoms with E-state index in [9.17, 15) is 13.9 Å². The van der Waals surface area contributed by atoms with E-state index < -0.39 is 17.4 Å². The molecule has 0 unspecified atom stereocenters. The smallest absolute Gasteiger partial charge is 0.147 e. The first kappa shape index (κ1) is 10.4. The molecule has 0 heterocycles. The lowest BCUT2D eigenvalue weighted by Gasteiger charge is -2.06. The van der Waals surface area contributed by atoms with Crippen molar-refractivity contribution >= 4 is 15.9 Å². The van der Waals surface area contributed by atoms with E-state index >= 15 is 0 Å². The molecule has 0 amide bonds. The zero-order valence-electron chi connectivity index (χ0n) is 6.65. The molecule has 2 nitrogen and oxygen atoms in total. The fourth-order valence-electron chi connectivity index (χ4n) is 1.00. The summed E-state index contributed by atoms with van der Waals surface area (Å²) in [6.45, 7) is 0.197. The van der Waals surface area contributed by atoms with Crippen molar-refractivity contribution in [3.05, 3.63) is 27.7 Å². The fraction of sp³-hybridized carbons (Fsp3) is 0.250. The molecule has 0 atom stereocenters. The maximum Gasteiger partial charge on any atom is 0.147 e. The van der Waals surface area contributed by atoms with Crippen molar-refractivity contribution in [2.45, 2.75) is 6.42 Å². The van der Waals surface area contributed by atoms with E-state index in [0.717, 1.165) is 6.07 Å². The molecule has 0 aliphatic carbocycles. The summed E-state index contributed by atoms with van der Waals surface area (Å²) in [5.41, 5.74) is 5.24. The molecule has 0 radical (unpaired) electrons. The molecule has 13 heavy (non-hydrogen) atoms. The molecule has 0 aromatic heterocycles. The minimum Gasteiger partial charge on any atom is -0.507 e. The number of hydrogen-bond donors (Lipinski definition) is 2. The van der Waals surface area contributed by atoms with Crippen LogP contribution in [0.25, 0.3) is 0 Å². The summed E-state index contributed by atoms with van der Waals surface area (Å²) < 4.78 is 25.7. The Bertz CT molecular complexity index is 330. The Morgan fingerprint density at radius 1 is 1.46 bits per heavy atom. The average Bonchev–Trinajstić information content (AvgIpc) is 2.09. The van der Waals surface area contributed by atoms with Crippen LogP contribution in [0.15, 0.2) is 10.5 Å². The van der Waals surface area contributed by atoms with Gasteiger partial charge in [0.05, 0.1) is 4.47 Å². The van der Waals surface area contributed by atoms with E-state index in [0.29, 0.717) is 0 Å². The zero-order valence-corrected chi connectivity index (χ0v) is 8.24. The van der Waals surface area contributed by atoms with Gasteiger partial charge in [0.15, 0.2) is 0 Å². The highest BCUT2D eigenvalue weighted by atomic mass is 79.9. The second-order valence-corrected chi connectivity index (χ2v) is 3.32. The molecule has 1 aromatic rings. The highest BCUT2D eigenvalue weighted by Crippen LogP contribution is 2.29. The highest BCUT2D eigenvalue weighted by molar-refractivity contribution is 9.10. The summed E-state index contributed by atoms with van der Waals surface area (Å²) in [5, 5.41) is 9.17. The van der Waals surface area contributed by atoms with Crippen LogP contribution in [0.2, 0.25) is 0 Å². The molecule has 72 valence electrons. The summed E-state index contributed by atoms with van der Waals surface area (Å²) >= 11 is 2.73. The van der Waals surface area contributed by atoms with Gasteiger partial charge < -0.3 is 10.8 Å². The van der Waals surface area contributed by atoms with Gasteiger partial charge in [-0.15, -0.1) is 0 Å². The Morgan fingerprint density at radius 3 is 2.62 bits per heavy atom. The number of aromatic hydroxyl groups is 1. The molecule has 0 spiro atoms. The Morgan fingerprint density at radius 2 is 2.08 bits per heavy atom. The number of nitrogens with two attached hydrogens (primary N) is 1. The van der Waals surface area contributed by atoms with Crippen molar-refractivity contribution in [3.63, 3.8) is 0 Å². The largest absolute Gasteiger partial charge is 0.507 e. The van der Waals surface area contributed by atoms with Crippen LogP contribution in [0.3, 0.4) is 0 Å². The lowest BCUT2D eigenvalue weighted by atomic mass is 10.1. The third kappa shape index (κ3) is 1.97. The fourth-order valence-corrected chi connectivity index (χ4v) is 1.36. The normalized spacial score (nSPS) is 10.5. The number of phenolic OH excluding ortho intramolecular Hbond substituents is 1. The predicted octanol–water partition coefficient (Wildman–Crippen LogP) is 1.93. The van der Waals surface area contributed by atoms with Crippen LogP contribution in [0.4, 0.5) is 8.78 Å². The quantitative estimate of drug-likeness (QED) is 0.790. The number of phenols is 1. The molecular formula is C8H8BrF2NO. The molecule has 0 fully saturated rings. The number of hydrogen-bond acceptors (Lipinski definition) is 2. The van der Waals surface area contributed by atoms with Crippen molar-refractivity contribution in [1.82, 2.24) is 0 Å². The molecule has 0 bridgehead atoms. The summed E-state index contributed by atoms with van der Waals surface area (Å²) in [4.78, 5) is 0. The van der Waals surface area contributed by atoms with Gasteiger partial charge in [-0.3, -0.25) is 0 Å². The van der Waals surface area contributed by atoms with Crippen LogP contribution < -0.4 is 5.73 Å². The topological polar surface area (TPSA) is 46.2 Å². The molecule has 3 N–H and O–H groups in total. The maximum absolute atomic E-state index is 13.2. The minimum atomic E-state index is -0.823. The van der Waals surface area contributed by atoms with Gasteiger partial charge in [-0.1, -0.05) is 0 Å². The zero-order chi connectivity index (χ0) is 10.0. The molecule has 1 aromatic carbocycles. The molecule has 0 aliphatic rings. The van der Waals surface area contributed by atoms with Gasteiger partial charge in [-0.05, 0) is 28.9 Å². The third-order valence-electron chi connectivity index (χ3n) is 1.63. The average molecular weight is 252 g/mol. The van der Waals surface area contributed by atoms with Crippen LogP contribution in [0.1, 0.15) is 5.56 Å². The molecular weight excluding hydrogens is 244 g/mol. The number of benzene rings is 1. The SMILES string of the molecule is NCCc1c(O)cc(F)c(Br)c1F. The molecule has 0 saturated carbocycles. The summed E-state index contributed by atoms with van der Waals surface area (Å²) in [6, 6.07) is 0.859. The maximum atomic E-state index is 13.2. The van der Waals surface area contributed by atoms with Crippen LogP contribution >= 0.6 is 15.9 Å². The Kier molecular flexibility index (Phi) is 3.22. The lowest BCUT2D eigenvalue weighted by Crippen LogP contribution is -2.05. The molecule has 0 aliphatic heterocycles. The van der Waals surface area contributed by atoms with Gasteiger partial charge in [-0.2, -0.15) is 0 Å². The predicted molar refractivity (Wildman–Crippen MR) is 48.5 cm³/mol. The van der Waals surface area contributed by atoms with Crippen molar-refractivity contribution in [1.29, 1.82) is 0 Å². The van der Waals surface area contributed by atoms with E-state index in [1.165, 1.54) is 0 Å². The lowest BCUT2D eigenvalue weighted by molar-refractivity contribution is 0.448. The number of rotatable bonds is 2. The standard InChI is InChI=1S/C8H8BrF2NO/c9-7-5(10)3-6(13)4(1-2-12)8(7)11/h3,13H,1-2,12H2. The Hall–Kier alpha value is -0.680. The first-order chi connectivity index (χ1) is 6.07. The van der Waals surface area contributed by atoms with Gasteiger partial charge in [0.1, 0.15) is 17.4 Å². The van der Waals surface area contributed by atoms with E-state index in [1.54, 1.807) is 0 Å². The molecule has 0 saturated heterocycles. The monoisotopic (exact) mass is 251 g/mol. The first-order valence-electron chi connectivity index (χ1n) is 3.63. The number of halogens is 3. The van der Waals surface area contributed by atoms with Gasteiger partial charge in [0.25, 0.3) is 0 Å². The van der Waals surface area contributed by atoms with Crippen LogP contribution in [-0.4, -0.2) is 11.7 Å². The third-order valence-corrected chi connectivity index (χ3v) is 2.36. The van der Waals surface area contributed by atoms with Crippen LogP contribution in [-0.2, 0) is 6.42 Å². The Labute approximate surface area is 82.5 Å². The van der Waals surface area contributed by atoms with E-state index in [4.69, 9.17) is 5.73 Å². The van der Waals surface area contributed by atoms with Gasteiger partial charge in [0.2, 0.25) is 0 Å². The van der Waals surface area contributed by atoms with Gasteiger partial charge in [-0.25, -0.2) is 8.78 Å². The van der Waals surface area contributed by atoms with E-state index in [2.05, 4.69) is 15.9 Å². The second kappa shape index (κ2) is 4.02. The summed E-state index contributed by atoms with van der Waals surface area (Å²) in [7, 11) is 0. The molecule has 5 heteroatoms. The van der Waals surface area contributed by atoms with E-state index in [-0.39, 0.29) is 23.0 Å². The first-order valence-corrected chi connectivity index (χ1v) is 4.42. The van der Waals surface area contributed by atoms with Crippen LogP contribution in [0.5, 0.6) is 5.75 Å². The van der Waals surface area contributed by atoms with Crippen molar-refractivity contribution in [3.8, 4) is 5.75 Å². The van der Waals surface area contributed by atoms with Crippen LogP contribution in [0, 0.1) is 11.6 Å². The minimum absolute atomic E-state index is 0.0378. The molecule has 1 rings (SSSR count). The van der Waals surface area contributed by atoms with E-state index in [1.807, 2.05) is 0 Å². The highest BCUT2D eigenvalue weighted by Gasteiger charge is 2.15. The van der Waals surface area contributed by atoms with Gasteiger partial charge in [0, 0.05) is 11.6 Å². The second-order valence-electron chi connectivity index (χ2n) is 2.52. The van der Waals surface area contributed by atoms with Crippen molar-refractivity contribution in [2.75, 3.05) is 6.54 Å². The summed E-state index contributed by atoms with van der Waals surface area (Å²) in [6.07, 6.45) is 0.177. The Balaban J connectivity index is 3.26. The van der Waals surface area contributed by atoms with Crippen molar-refractivity contribution < 1.29 is 13.9 Å².